The van der Waals surface area contributed by atoms with Crippen molar-refractivity contribution in [2.75, 3.05) is 0 Å². The van der Waals surface area contributed by atoms with Gasteiger partial charge in [-0.15, -0.1) is 0 Å². The van der Waals surface area contributed by atoms with Gasteiger partial charge in [0.05, 0.1) is 0 Å². The Morgan fingerprint density at radius 3 is 2.89 bits per heavy atom. The summed E-state index contributed by atoms with van der Waals surface area (Å²) >= 11 is 3.05. The Morgan fingerprint density at radius 2 is 2.21 bits per heavy atom. The van der Waals surface area contributed by atoms with E-state index in [2.05, 4.69) is 25.9 Å². The van der Waals surface area contributed by atoms with Crippen molar-refractivity contribution in [3.05, 3.63) is 28.2 Å². The summed E-state index contributed by atoms with van der Waals surface area (Å²) in [5, 5.41) is 0. The lowest BCUT2D eigenvalue weighted by molar-refractivity contribution is 0.0149. The van der Waals surface area contributed by atoms with Gasteiger partial charge in [0.25, 0.3) is 12.4 Å². The molecular weight excluding hydrogens is 327 g/mol. The number of ether oxygens (including phenoxy) is 1. The van der Waals surface area contributed by atoms with E-state index >= 15 is 0 Å². The number of amidine groups is 1. The quantitative estimate of drug-likeness (QED) is 0.842. The molecule has 2 aliphatic rings. The number of hydrogen-bond donors (Lipinski definition) is 1. The van der Waals surface area contributed by atoms with Crippen molar-refractivity contribution < 1.29 is 17.9 Å². The molecule has 0 bridgehead atoms. The molecule has 0 amide bonds. The van der Waals surface area contributed by atoms with Gasteiger partial charge in [-0.2, -0.15) is 0 Å². The smallest absolute Gasteiger partial charge is 0.283 e. The molecule has 1 unspecified atom stereocenters. The predicted molar refractivity (Wildman–Crippen MR) is 64.2 cm³/mol. The Labute approximate surface area is 115 Å². The molecule has 1 aromatic heterocycles. The van der Waals surface area contributed by atoms with Crippen LogP contribution in [0.15, 0.2) is 21.7 Å². The summed E-state index contributed by atoms with van der Waals surface area (Å²) in [5.41, 5.74) is 2.98. The van der Waals surface area contributed by atoms with Gasteiger partial charge in [0.1, 0.15) is 22.2 Å². The van der Waals surface area contributed by atoms with Crippen molar-refractivity contribution in [1.29, 1.82) is 0 Å². The van der Waals surface area contributed by atoms with Crippen molar-refractivity contribution in [3.63, 3.8) is 0 Å². The van der Waals surface area contributed by atoms with Crippen LogP contribution in [0.3, 0.4) is 0 Å². The third-order valence-corrected chi connectivity index (χ3v) is 3.83. The number of halogens is 4. The third kappa shape index (κ3) is 1.80. The van der Waals surface area contributed by atoms with E-state index in [1.54, 1.807) is 0 Å². The molecule has 0 saturated heterocycles. The molecule has 1 saturated carbocycles. The normalized spacial score (nSPS) is 32.6. The second-order valence-corrected chi connectivity index (χ2v) is 5.35. The van der Waals surface area contributed by atoms with Crippen LogP contribution >= 0.6 is 15.9 Å². The lowest BCUT2D eigenvalue weighted by atomic mass is 9.88. The summed E-state index contributed by atoms with van der Waals surface area (Å²) in [4.78, 5) is 7.55. The molecule has 4 nitrogen and oxygen atoms in total. The third-order valence-electron chi connectivity index (χ3n) is 3.39. The molecule has 1 fully saturated rings. The molecule has 3 atom stereocenters. The lowest BCUT2D eigenvalue weighted by Gasteiger charge is -2.32. The Morgan fingerprint density at radius 1 is 1.47 bits per heavy atom. The Hall–Kier alpha value is -1.31. The van der Waals surface area contributed by atoms with Crippen LogP contribution in [0, 0.1) is 11.7 Å². The van der Waals surface area contributed by atoms with Gasteiger partial charge >= 0.3 is 0 Å². The summed E-state index contributed by atoms with van der Waals surface area (Å²) in [6, 6.07) is 2.07. The fraction of sp³-hybridized carbons (Fsp3) is 0.455. The highest BCUT2D eigenvalue weighted by Gasteiger charge is 2.65. The molecule has 1 aliphatic heterocycles. The van der Waals surface area contributed by atoms with Gasteiger partial charge in [0.2, 0.25) is 0 Å². The molecule has 2 N–H and O–H groups in total. The molecular formula is C11H9BrF3N3O. The van der Waals surface area contributed by atoms with E-state index in [1.807, 2.05) is 0 Å². The van der Waals surface area contributed by atoms with Gasteiger partial charge in [-0.25, -0.2) is 23.1 Å². The number of alkyl halides is 2. The van der Waals surface area contributed by atoms with Gasteiger partial charge in [0, 0.05) is 5.92 Å². The van der Waals surface area contributed by atoms with Crippen molar-refractivity contribution in [3.8, 4) is 0 Å². The fourth-order valence-corrected chi connectivity index (χ4v) is 2.76. The molecule has 0 aromatic carbocycles. The van der Waals surface area contributed by atoms with Crippen LogP contribution in [0.2, 0.25) is 0 Å². The molecule has 0 spiro atoms. The maximum Gasteiger partial charge on any atom is 0.283 e. The monoisotopic (exact) mass is 335 g/mol. The molecule has 8 heteroatoms. The van der Waals surface area contributed by atoms with Crippen molar-refractivity contribution in [2.45, 2.75) is 24.5 Å². The Bertz CT molecular complexity index is 568. The summed E-state index contributed by atoms with van der Waals surface area (Å²) in [6.07, 6.45) is -2.99. The number of hydrogen-bond acceptors (Lipinski definition) is 4. The van der Waals surface area contributed by atoms with Crippen LogP contribution in [0.4, 0.5) is 13.2 Å². The zero-order valence-corrected chi connectivity index (χ0v) is 11.1. The highest BCUT2D eigenvalue weighted by molar-refractivity contribution is 9.10. The minimum absolute atomic E-state index is 0.265. The van der Waals surface area contributed by atoms with Crippen molar-refractivity contribution >= 4 is 22.0 Å². The van der Waals surface area contributed by atoms with Crippen LogP contribution < -0.4 is 5.73 Å². The van der Waals surface area contributed by atoms with Crippen molar-refractivity contribution in [1.82, 2.24) is 4.98 Å². The minimum atomic E-state index is -2.92. The number of nitrogens with two attached hydrogens (primary N) is 1. The first-order valence-corrected chi connectivity index (χ1v) is 6.37. The number of aliphatic imine (C=N–C) groups is 1. The van der Waals surface area contributed by atoms with Gasteiger partial charge in [-0.1, -0.05) is 0 Å². The van der Waals surface area contributed by atoms with E-state index in [4.69, 9.17) is 10.5 Å². The maximum absolute atomic E-state index is 13.9. The summed E-state index contributed by atoms with van der Waals surface area (Å²) in [6.45, 7) is 0. The predicted octanol–water partition coefficient (Wildman–Crippen LogP) is 2.18. The molecule has 2 heterocycles. The summed E-state index contributed by atoms with van der Waals surface area (Å²) in [7, 11) is 0. The van der Waals surface area contributed by atoms with E-state index in [1.165, 1.54) is 6.07 Å². The molecule has 1 aliphatic carbocycles. The van der Waals surface area contributed by atoms with E-state index < -0.39 is 35.5 Å². The first kappa shape index (κ1) is 12.7. The van der Waals surface area contributed by atoms with Crippen LogP contribution in [-0.4, -0.2) is 23.5 Å². The highest BCUT2D eigenvalue weighted by Crippen LogP contribution is 2.55. The van der Waals surface area contributed by atoms with E-state index in [0.29, 0.717) is 6.42 Å². The maximum atomic E-state index is 13.9. The van der Waals surface area contributed by atoms with Crippen LogP contribution in [0.25, 0.3) is 0 Å². The van der Waals surface area contributed by atoms with Gasteiger partial charge in [0.15, 0.2) is 5.54 Å². The second kappa shape index (κ2) is 4.09. The van der Waals surface area contributed by atoms with E-state index in [9.17, 15) is 13.2 Å². The average Bonchev–Trinajstić information content (AvgIpc) is 3.10. The first-order valence-electron chi connectivity index (χ1n) is 5.58. The SMILES string of the molecule is NC1=N[C@@](c2nc(Br)ccc2F)(C(F)F)[C@H]2CC2O1. The number of fused-ring (bicyclic) bond motifs is 1. The van der Waals surface area contributed by atoms with Gasteiger partial charge in [-0.3, -0.25) is 0 Å². The number of nitrogens with zero attached hydrogens (tertiary/aromatic N) is 2. The summed E-state index contributed by atoms with van der Waals surface area (Å²) in [5.74, 6) is -1.43. The van der Waals surface area contributed by atoms with E-state index in [0.717, 1.165) is 6.07 Å². The zero-order valence-electron chi connectivity index (χ0n) is 9.49. The number of aromatic nitrogens is 1. The summed E-state index contributed by atoms with van der Waals surface area (Å²) < 4.78 is 46.4. The topological polar surface area (TPSA) is 60.5 Å². The van der Waals surface area contributed by atoms with Crippen molar-refractivity contribution in [2.24, 2.45) is 16.6 Å². The largest absolute Gasteiger partial charge is 0.462 e. The first-order chi connectivity index (χ1) is 8.95. The lowest BCUT2D eigenvalue weighted by Crippen LogP contribution is -2.44. The van der Waals surface area contributed by atoms with Crippen LogP contribution in [0.1, 0.15) is 12.1 Å². The van der Waals surface area contributed by atoms with Crippen LogP contribution in [-0.2, 0) is 10.3 Å². The average molecular weight is 336 g/mol. The molecule has 3 rings (SSSR count). The fourth-order valence-electron chi connectivity index (χ4n) is 2.45. The minimum Gasteiger partial charge on any atom is -0.462 e. The number of rotatable bonds is 2. The second-order valence-electron chi connectivity index (χ2n) is 4.54. The number of pyridine rings is 1. The van der Waals surface area contributed by atoms with E-state index in [-0.39, 0.29) is 10.6 Å². The molecule has 102 valence electrons. The Kier molecular flexibility index (Phi) is 2.74. The zero-order chi connectivity index (χ0) is 13.8. The standard InChI is InChI=1S/C11H9BrF3N3O/c12-7-2-1-5(13)8(17-7)11(9(14)15)4-3-6(4)19-10(16)18-11/h1-2,4,6,9H,3H2,(H2,16,18)/t4-,6?,11-/m0/s1. The molecule has 1 aromatic rings. The molecule has 0 radical (unpaired) electrons. The molecule has 19 heavy (non-hydrogen) atoms. The van der Waals surface area contributed by atoms with Gasteiger partial charge in [-0.05, 0) is 34.5 Å². The van der Waals surface area contributed by atoms with Crippen LogP contribution in [0.5, 0.6) is 0 Å². The highest BCUT2D eigenvalue weighted by atomic mass is 79.9. The van der Waals surface area contributed by atoms with Gasteiger partial charge < -0.3 is 10.5 Å². The Balaban J connectivity index is 2.21.